The summed E-state index contributed by atoms with van der Waals surface area (Å²) < 4.78 is 5.59. The highest BCUT2D eigenvalue weighted by atomic mass is 32.1. The summed E-state index contributed by atoms with van der Waals surface area (Å²) in [7, 11) is 0. The van der Waals surface area contributed by atoms with Crippen LogP contribution in [-0.2, 0) is 4.74 Å². The number of hydrogen-bond donors (Lipinski definition) is 3. The molecule has 0 aromatic carbocycles. The third-order valence-corrected chi connectivity index (χ3v) is 2.86. The predicted molar refractivity (Wildman–Crippen MR) is 53.2 cm³/mol. The first-order valence-electron chi connectivity index (χ1n) is 4.61. The highest BCUT2D eigenvalue weighted by molar-refractivity contribution is 7.80. The molecule has 3 atom stereocenters. The minimum Gasteiger partial charge on any atom is -0.465 e. The summed E-state index contributed by atoms with van der Waals surface area (Å²) in [5, 5.41) is 13.7. The van der Waals surface area contributed by atoms with Crippen molar-refractivity contribution >= 4 is 23.4 Å². The predicted octanol–water partition coefficient (Wildman–Crippen LogP) is 0.448. The lowest BCUT2D eigenvalue weighted by Gasteiger charge is -2.20. The number of carbonyl (C=O) groups is 1. The minimum atomic E-state index is -1.13. The lowest BCUT2D eigenvalue weighted by atomic mass is 9.96. The van der Waals surface area contributed by atoms with E-state index in [9.17, 15) is 4.79 Å². The second-order valence-electron chi connectivity index (χ2n) is 3.62. The van der Waals surface area contributed by atoms with Crippen LogP contribution in [0.1, 0.15) is 19.3 Å². The highest BCUT2D eigenvalue weighted by Crippen LogP contribution is 2.34. The Morgan fingerprint density at radius 2 is 2.29 bits per heavy atom. The van der Waals surface area contributed by atoms with Crippen molar-refractivity contribution in [3.05, 3.63) is 0 Å². The van der Waals surface area contributed by atoms with Gasteiger partial charge < -0.3 is 15.2 Å². The van der Waals surface area contributed by atoms with Gasteiger partial charge in [0.15, 0.2) is 5.11 Å². The molecular formula is C8H12N2O3S. The van der Waals surface area contributed by atoms with E-state index in [0.717, 1.165) is 19.3 Å². The fraction of sp³-hybridized carbons (Fsp3) is 0.750. The van der Waals surface area contributed by atoms with Crippen LogP contribution in [0.15, 0.2) is 0 Å². The molecule has 0 spiro atoms. The quantitative estimate of drug-likeness (QED) is 0.555. The van der Waals surface area contributed by atoms with Gasteiger partial charge in [0.25, 0.3) is 0 Å². The van der Waals surface area contributed by atoms with E-state index in [-0.39, 0.29) is 17.3 Å². The first-order chi connectivity index (χ1) is 6.65. The fourth-order valence-electron chi connectivity index (χ4n) is 2.09. The van der Waals surface area contributed by atoms with Gasteiger partial charge in [-0.15, -0.1) is 0 Å². The van der Waals surface area contributed by atoms with Crippen molar-refractivity contribution in [3.8, 4) is 0 Å². The SMILES string of the molecule is O=C(O)NC(=S)NC1CC2CCC1O2. The molecule has 78 valence electrons. The van der Waals surface area contributed by atoms with Crippen molar-refractivity contribution in [2.24, 2.45) is 0 Å². The van der Waals surface area contributed by atoms with Crippen LogP contribution in [0.5, 0.6) is 0 Å². The van der Waals surface area contributed by atoms with Crippen molar-refractivity contribution in [1.82, 2.24) is 10.6 Å². The number of rotatable bonds is 1. The Balaban J connectivity index is 1.81. The Morgan fingerprint density at radius 3 is 2.79 bits per heavy atom. The zero-order chi connectivity index (χ0) is 10.1. The zero-order valence-electron chi connectivity index (χ0n) is 7.53. The number of thiocarbonyl (C=S) groups is 1. The van der Waals surface area contributed by atoms with Gasteiger partial charge in [-0.1, -0.05) is 0 Å². The summed E-state index contributed by atoms with van der Waals surface area (Å²) in [6.07, 6.45) is 2.48. The summed E-state index contributed by atoms with van der Waals surface area (Å²) in [6, 6.07) is 0.174. The van der Waals surface area contributed by atoms with Gasteiger partial charge in [0.05, 0.1) is 18.2 Å². The molecule has 2 heterocycles. The number of carboxylic acid groups (broad SMARTS) is 1. The molecule has 1 amide bonds. The van der Waals surface area contributed by atoms with Crippen molar-refractivity contribution in [1.29, 1.82) is 0 Å². The molecular weight excluding hydrogens is 204 g/mol. The van der Waals surface area contributed by atoms with Crippen LogP contribution in [0.25, 0.3) is 0 Å². The topological polar surface area (TPSA) is 70.6 Å². The van der Waals surface area contributed by atoms with Gasteiger partial charge >= 0.3 is 6.09 Å². The smallest absolute Gasteiger partial charge is 0.410 e. The molecule has 2 fully saturated rings. The Kier molecular flexibility index (Phi) is 2.56. The Labute approximate surface area is 86.8 Å². The molecule has 0 aromatic rings. The van der Waals surface area contributed by atoms with Gasteiger partial charge in [0.1, 0.15) is 0 Å². The van der Waals surface area contributed by atoms with Gasteiger partial charge in [-0.3, -0.25) is 5.32 Å². The molecule has 3 unspecified atom stereocenters. The third-order valence-electron chi connectivity index (χ3n) is 2.64. The van der Waals surface area contributed by atoms with Crippen LogP contribution in [0.2, 0.25) is 0 Å². The van der Waals surface area contributed by atoms with E-state index >= 15 is 0 Å². The van der Waals surface area contributed by atoms with Crippen LogP contribution in [0.3, 0.4) is 0 Å². The van der Waals surface area contributed by atoms with E-state index in [0.29, 0.717) is 6.10 Å². The highest BCUT2D eigenvalue weighted by Gasteiger charge is 2.40. The van der Waals surface area contributed by atoms with Gasteiger partial charge in [-0.05, 0) is 31.5 Å². The standard InChI is InChI=1S/C8H12N2O3S/c11-8(12)10-7(14)9-5-3-4-1-2-6(5)13-4/h4-6H,1-3H2,(H,11,12)(H2,9,10,14). The number of hydrogen-bond acceptors (Lipinski definition) is 3. The number of ether oxygens (including phenoxy) is 1. The second-order valence-corrected chi connectivity index (χ2v) is 4.03. The molecule has 2 rings (SSSR count). The maximum absolute atomic E-state index is 10.3. The van der Waals surface area contributed by atoms with E-state index in [4.69, 9.17) is 22.1 Å². The van der Waals surface area contributed by atoms with Crippen molar-refractivity contribution in [2.75, 3.05) is 0 Å². The molecule has 3 N–H and O–H groups in total. The van der Waals surface area contributed by atoms with Crippen molar-refractivity contribution in [3.63, 3.8) is 0 Å². The van der Waals surface area contributed by atoms with Crippen LogP contribution < -0.4 is 10.6 Å². The average molecular weight is 216 g/mol. The van der Waals surface area contributed by atoms with Crippen molar-refractivity contribution in [2.45, 2.75) is 37.5 Å². The lowest BCUT2D eigenvalue weighted by Crippen LogP contribution is -2.47. The monoisotopic (exact) mass is 216 g/mol. The van der Waals surface area contributed by atoms with Crippen LogP contribution >= 0.6 is 12.2 Å². The molecule has 0 aliphatic carbocycles. The molecule has 2 bridgehead atoms. The van der Waals surface area contributed by atoms with Gasteiger partial charge in [-0.2, -0.15) is 0 Å². The molecule has 0 radical (unpaired) electrons. The zero-order valence-corrected chi connectivity index (χ0v) is 8.34. The summed E-state index contributed by atoms with van der Waals surface area (Å²) in [5.74, 6) is 0. The number of fused-ring (bicyclic) bond motifs is 2. The Morgan fingerprint density at radius 1 is 1.50 bits per heavy atom. The molecule has 0 saturated carbocycles. The number of nitrogens with one attached hydrogen (secondary N) is 2. The van der Waals surface area contributed by atoms with Gasteiger partial charge in [0, 0.05) is 0 Å². The van der Waals surface area contributed by atoms with E-state index in [1.54, 1.807) is 0 Å². The van der Waals surface area contributed by atoms with Crippen molar-refractivity contribution < 1.29 is 14.6 Å². The largest absolute Gasteiger partial charge is 0.465 e. The molecule has 6 heteroatoms. The molecule has 2 saturated heterocycles. The van der Waals surface area contributed by atoms with E-state index in [2.05, 4.69) is 10.6 Å². The summed E-state index contributed by atoms with van der Waals surface area (Å²) in [4.78, 5) is 10.3. The average Bonchev–Trinajstić information content (AvgIpc) is 2.62. The minimum absolute atomic E-state index is 0.165. The van der Waals surface area contributed by atoms with Crippen LogP contribution in [0.4, 0.5) is 4.79 Å². The third kappa shape index (κ3) is 1.96. The maximum atomic E-state index is 10.3. The fourth-order valence-corrected chi connectivity index (χ4v) is 2.33. The normalized spacial score (nSPS) is 34.1. The van der Waals surface area contributed by atoms with Gasteiger partial charge in [0.2, 0.25) is 0 Å². The summed E-state index contributed by atoms with van der Waals surface area (Å²) in [5.41, 5.74) is 0. The van der Waals surface area contributed by atoms with E-state index in [1.165, 1.54) is 0 Å². The van der Waals surface area contributed by atoms with Crippen LogP contribution in [0, 0.1) is 0 Å². The molecule has 2 aliphatic rings. The summed E-state index contributed by atoms with van der Waals surface area (Å²) in [6.45, 7) is 0. The number of amides is 1. The van der Waals surface area contributed by atoms with E-state index < -0.39 is 6.09 Å². The first kappa shape index (κ1) is 9.67. The van der Waals surface area contributed by atoms with E-state index in [1.807, 2.05) is 0 Å². The van der Waals surface area contributed by atoms with Gasteiger partial charge in [-0.25, -0.2) is 4.79 Å². The summed E-state index contributed by atoms with van der Waals surface area (Å²) >= 11 is 4.82. The Hall–Kier alpha value is -0.880. The Bertz CT molecular complexity index is 271. The van der Waals surface area contributed by atoms with Crippen LogP contribution in [-0.4, -0.2) is 34.6 Å². The molecule has 2 aliphatic heterocycles. The maximum Gasteiger partial charge on any atom is 0.410 e. The molecule has 5 nitrogen and oxygen atoms in total. The second kappa shape index (κ2) is 3.70. The lowest BCUT2D eigenvalue weighted by molar-refractivity contribution is 0.0992. The first-order valence-corrected chi connectivity index (χ1v) is 5.02. The molecule has 0 aromatic heterocycles. The molecule has 14 heavy (non-hydrogen) atoms.